The lowest BCUT2D eigenvalue weighted by Crippen LogP contribution is -2.38. The number of halogens is 1. The normalized spacial score (nSPS) is 14.5. The average Bonchev–Trinajstić information content (AvgIpc) is 3.73. The summed E-state index contributed by atoms with van der Waals surface area (Å²) in [7, 11) is 0. The van der Waals surface area contributed by atoms with Gasteiger partial charge in [0.2, 0.25) is 0 Å². The lowest BCUT2D eigenvalue weighted by atomic mass is 9.98. The number of hydrogen-bond acceptors (Lipinski definition) is 9. The van der Waals surface area contributed by atoms with Gasteiger partial charge < -0.3 is 9.47 Å². The summed E-state index contributed by atoms with van der Waals surface area (Å²) >= 11 is 1.38. The van der Waals surface area contributed by atoms with Crippen molar-refractivity contribution in [3.05, 3.63) is 157 Å². The fourth-order valence-corrected chi connectivity index (χ4v) is 10.3. The van der Waals surface area contributed by atoms with Crippen LogP contribution in [0.2, 0.25) is 0 Å². The molecule has 0 atom stereocenters. The Morgan fingerprint density at radius 2 is 1.75 bits per heavy atom. The molecule has 3 aromatic carbocycles. The van der Waals surface area contributed by atoms with Gasteiger partial charge in [-0.2, -0.15) is 9.47 Å². The van der Waals surface area contributed by atoms with E-state index in [0.717, 1.165) is 61.2 Å². The van der Waals surface area contributed by atoms with E-state index in [2.05, 4.69) is 45.5 Å². The van der Waals surface area contributed by atoms with Crippen LogP contribution in [-0.2, 0) is 24.9 Å². The number of amides is 1. The number of carbonyl (C=O) groups excluding carboxylic acids is 1. The van der Waals surface area contributed by atoms with Crippen molar-refractivity contribution in [1.82, 2.24) is 47.9 Å². The molecule has 14 nitrogen and oxygen atoms in total. The van der Waals surface area contributed by atoms with Gasteiger partial charge in [0.15, 0.2) is 5.82 Å². The first-order valence-electron chi connectivity index (χ1n) is 21.0. The Kier molecular flexibility index (Phi) is 8.71. The van der Waals surface area contributed by atoms with Gasteiger partial charge in [0, 0.05) is 59.1 Å². The Balaban J connectivity index is 1.04. The van der Waals surface area contributed by atoms with Crippen molar-refractivity contribution in [2.75, 3.05) is 6.54 Å². The third kappa shape index (κ3) is 5.98. The van der Waals surface area contributed by atoms with E-state index in [-0.39, 0.29) is 24.0 Å². The highest BCUT2D eigenvalue weighted by atomic mass is 32.1. The van der Waals surface area contributed by atoms with Gasteiger partial charge in [-0.25, -0.2) is 18.7 Å². The van der Waals surface area contributed by atoms with Gasteiger partial charge in [-0.05, 0) is 141 Å². The molecule has 0 radical (unpaired) electrons. The topological polar surface area (TPSA) is 155 Å². The Morgan fingerprint density at radius 3 is 2.49 bits per heavy atom. The van der Waals surface area contributed by atoms with Gasteiger partial charge in [0.1, 0.15) is 22.9 Å². The summed E-state index contributed by atoms with van der Waals surface area (Å²) in [5, 5.41) is 11.1. The number of aryl methyl sites for hydroxylation is 4. The minimum Gasteiger partial charge on any atom is -0.332 e. The summed E-state index contributed by atoms with van der Waals surface area (Å²) in [4.78, 5) is 51.3. The highest BCUT2D eigenvalue weighted by Gasteiger charge is 2.52. The molecule has 316 valence electrons. The molecule has 1 aliphatic carbocycles. The van der Waals surface area contributed by atoms with Gasteiger partial charge in [0.25, 0.3) is 5.91 Å². The van der Waals surface area contributed by atoms with Crippen LogP contribution in [0.3, 0.4) is 0 Å². The van der Waals surface area contributed by atoms with Gasteiger partial charge in [-0.1, -0.05) is 18.1 Å². The van der Waals surface area contributed by atoms with E-state index in [1.54, 1.807) is 57.1 Å². The summed E-state index contributed by atoms with van der Waals surface area (Å²) in [6.45, 7) is 10.0. The maximum atomic E-state index is 15.3. The first-order chi connectivity index (χ1) is 30.4. The number of fused-ring (bicyclic) bond motifs is 3. The fraction of sp³-hybridized carbons (Fsp3) is 0.255. The molecule has 1 amide bonds. The molecule has 16 heteroatoms. The molecule has 63 heavy (non-hydrogen) atoms. The van der Waals surface area contributed by atoms with Crippen molar-refractivity contribution in [3.8, 4) is 28.3 Å². The summed E-state index contributed by atoms with van der Waals surface area (Å²) in [6, 6.07) is 19.4. The predicted molar refractivity (Wildman–Crippen MR) is 237 cm³/mol. The summed E-state index contributed by atoms with van der Waals surface area (Å²) < 4.78 is 32.3. The van der Waals surface area contributed by atoms with Crippen molar-refractivity contribution in [2.24, 2.45) is 0 Å². The number of benzene rings is 3. The van der Waals surface area contributed by atoms with Crippen LogP contribution in [0.4, 0.5) is 4.39 Å². The number of aromatic amines is 1. The Labute approximate surface area is 363 Å². The zero-order valence-electron chi connectivity index (χ0n) is 35.2. The summed E-state index contributed by atoms with van der Waals surface area (Å²) in [6.07, 6.45) is 7.75. The number of hydrogen-bond donors (Lipinski definition) is 1. The molecule has 6 aromatic heterocycles. The number of pyridine rings is 1. The molecule has 1 aliphatic heterocycles. The molecule has 7 heterocycles. The van der Waals surface area contributed by atoms with Crippen molar-refractivity contribution < 1.29 is 13.7 Å². The number of imidazole rings is 1. The molecule has 2 aliphatic rings. The van der Waals surface area contributed by atoms with Crippen LogP contribution >= 0.6 is 11.5 Å². The maximum absolute atomic E-state index is 15.3. The second kappa shape index (κ2) is 14.2. The van der Waals surface area contributed by atoms with Crippen LogP contribution < -0.4 is 11.4 Å². The molecule has 1 N–H and O–H groups in total. The molecule has 0 spiro atoms. The van der Waals surface area contributed by atoms with Crippen LogP contribution in [0.15, 0.2) is 93.4 Å². The number of aromatic nitrogens is 9. The van der Waals surface area contributed by atoms with Gasteiger partial charge in [-0.15, -0.1) is 0 Å². The van der Waals surface area contributed by atoms with Crippen LogP contribution in [0.5, 0.6) is 0 Å². The standard InChI is InChI=1S/C47H41FN10O4S/c1-6-36-27(4)33(11-15-49-36)29-7-10-38-30(21-29)22-39(57(38)47(13-14-47)44-50-45(60)62-52-44)43(59)54-16-12-37-35(24-54)42(58(51-37)32-19-25(2)41(48)26(3)20-32)56-18-17-55(46(56)61)31-8-9-34-28(5)53-63-40(34)23-31/h7-11,15,17-23H,6,12-14,16,24H2,1-5H3,(H,50,52,60). The highest BCUT2D eigenvalue weighted by Crippen LogP contribution is 2.51. The van der Waals surface area contributed by atoms with Crippen molar-refractivity contribution in [2.45, 2.75) is 72.4 Å². The average molecular weight is 861 g/mol. The maximum Gasteiger partial charge on any atom is 0.438 e. The fourth-order valence-electron chi connectivity index (χ4n) is 9.47. The molecule has 1 fully saturated rings. The molecule has 9 aromatic rings. The van der Waals surface area contributed by atoms with E-state index in [1.165, 1.54) is 11.5 Å². The van der Waals surface area contributed by atoms with Crippen molar-refractivity contribution in [3.63, 3.8) is 0 Å². The van der Waals surface area contributed by atoms with Gasteiger partial charge >= 0.3 is 11.4 Å². The molecular weight excluding hydrogens is 820 g/mol. The van der Waals surface area contributed by atoms with Crippen molar-refractivity contribution in [1.29, 1.82) is 0 Å². The van der Waals surface area contributed by atoms with Crippen LogP contribution in [0.1, 0.15) is 75.4 Å². The smallest absolute Gasteiger partial charge is 0.332 e. The minimum atomic E-state index is -0.797. The zero-order chi connectivity index (χ0) is 43.5. The van der Waals surface area contributed by atoms with E-state index in [0.29, 0.717) is 71.2 Å². The third-order valence-corrected chi connectivity index (χ3v) is 13.8. The Morgan fingerprint density at radius 1 is 0.952 bits per heavy atom. The first-order valence-corrected chi connectivity index (χ1v) is 21.7. The second-order valence-electron chi connectivity index (χ2n) is 16.7. The van der Waals surface area contributed by atoms with Crippen LogP contribution in [0.25, 0.3) is 49.3 Å². The SMILES string of the molecule is CCc1nccc(-c2ccc3c(c2)cc(C(=O)N2CCc4nn(-c5cc(C)c(F)c(C)c5)c(-n5ccn(-c6ccc7c(C)nsc7c6)c5=O)c4C2)n3C2(c3noc(=O)[nH]3)CC2)c1C. The van der Waals surface area contributed by atoms with E-state index in [4.69, 9.17) is 9.62 Å². The van der Waals surface area contributed by atoms with E-state index < -0.39 is 11.3 Å². The second-order valence-corrected chi connectivity index (χ2v) is 17.5. The number of nitrogens with one attached hydrogen (secondary N) is 1. The molecule has 11 rings (SSSR count). The van der Waals surface area contributed by atoms with Gasteiger partial charge in [-0.3, -0.25) is 28.4 Å². The first kappa shape index (κ1) is 38.7. The number of rotatable bonds is 8. The van der Waals surface area contributed by atoms with E-state index >= 15 is 9.18 Å². The largest absolute Gasteiger partial charge is 0.438 e. The highest BCUT2D eigenvalue weighted by molar-refractivity contribution is 7.13. The summed E-state index contributed by atoms with van der Waals surface area (Å²) in [5.74, 6) is -0.365. The van der Waals surface area contributed by atoms with Crippen LogP contribution in [-0.4, -0.2) is 60.3 Å². The molecular formula is C47H41FN10O4S. The molecule has 0 bridgehead atoms. The summed E-state index contributed by atoms with van der Waals surface area (Å²) in [5.41, 5.74) is 8.86. The number of nitrogens with zero attached hydrogens (tertiary/aromatic N) is 9. The lowest BCUT2D eigenvalue weighted by Gasteiger charge is -2.28. The van der Waals surface area contributed by atoms with Crippen LogP contribution in [0, 0.1) is 33.5 Å². The van der Waals surface area contributed by atoms with E-state index in [9.17, 15) is 9.59 Å². The predicted octanol–water partition coefficient (Wildman–Crippen LogP) is 7.79. The quantitative estimate of drug-likeness (QED) is 0.163. The van der Waals surface area contributed by atoms with Gasteiger partial charge in [0.05, 0.1) is 34.0 Å². The number of carbonyl (C=O) groups is 1. The molecule has 1 saturated carbocycles. The molecule has 0 unspecified atom stereocenters. The monoisotopic (exact) mass is 860 g/mol. The Bertz CT molecular complexity index is 3460. The molecule has 0 saturated heterocycles. The van der Waals surface area contributed by atoms with Crippen molar-refractivity contribution >= 4 is 38.4 Å². The lowest BCUT2D eigenvalue weighted by molar-refractivity contribution is 0.0721. The zero-order valence-corrected chi connectivity index (χ0v) is 36.0. The minimum absolute atomic E-state index is 0.142. The Hall–Kier alpha value is -7.20. The number of H-pyrrole nitrogens is 1. The third-order valence-electron chi connectivity index (χ3n) is 12.9. The van der Waals surface area contributed by atoms with E-state index in [1.807, 2.05) is 54.1 Å².